The van der Waals surface area contributed by atoms with Crippen molar-refractivity contribution < 1.29 is 17.6 Å². The minimum absolute atomic E-state index is 0.174. The molecule has 0 saturated carbocycles. The summed E-state index contributed by atoms with van der Waals surface area (Å²) in [7, 11) is -3.80. The number of anilines is 1. The number of furan rings is 1. The van der Waals surface area contributed by atoms with Gasteiger partial charge in [-0.3, -0.25) is 9.52 Å². The van der Waals surface area contributed by atoms with Crippen LogP contribution in [0.4, 0.5) is 5.69 Å². The van der Waals surface area contributed by atoms with Crippen molar-refractivity contribution in [1.82, 2.24) is 0 Å². The monoisotopic (exact) mass is 391 g/mol. The van der Waals surface area contributed by atoms with Crippen LogP contribution in [0.15, 0.2) is 39.6 Å². The number of carbonyl (C=O) groups is 1. The highest BCUT2D eigenvalue weighted by molar-refractivity contribution is 7.92. The van der Waals surface area contributed by atoms with Gasteiger partial charge in [0.15, 0.2) is 11.4 Å². The molecule has 3 rings (SSSR count). The summed E-state index contributed by atoms with van der Waals surface area (Å²) in [6, 6.07) is 8.26. The normalized spacial score (nSPS) is 11.7. The van der Waals surface area contributed by atoms with Crippen molar-refractivity contribution in [2.24, 2.45) is 0 Å². The van der Waals surface area contributed by atoms with Crippen LogP contribution in [0.25, 0.3) is 11.0 Å². The maximum absolute atomic E-state index is 12.8. The molecule has 0 aliphatic rings. The van der Waals surface area contributed by atoms with Crippen molar-refractivity contribution in [3.8, 4) is 0 Å². The van der Waals surface area contributed by atoms with Crippen molar-refractivity contribution in [3.63, 3.8) is 0 Å². The van der Waals surface area contributed by atoms with E-state index < -0.39 is 10.0 Å². The predicted molar refractivity (Wildman–Crippen MR) is 103 cm³/mol. The standard InChI is InChI=1S/C19H18ClNO4S/c1-10-5-6-11(2)17(7-10)26(23,24)21-14-8-15-18(12(3)22)13(4)25-19(15)16(20)9-14/h5-9,21H,1-4H3. The van der Waals surface area contributed by atoms with Gasteiger partial charge < -0.3 is 4.42 Å². The Kier molecular flexibility index (Phi) is 4.58. The van der Waals surface area contributed by atoms with Gasteiger partial charge in [-0.15, -0.1) is 0 Å². The third-order valence-electron chi connectivity index (χ3n) is 4.16. The molecule has 0 amide bonds. The van der Waals surface area contributed by atoms with Crippen molar-refractivity contribution >= 4 is 44.1 Å². The van der Waals surface area contributed by atoms with Crippen LogP contribution in [-0.4, -0.2) is 14.2 Å². The molecule has 7 heteroatoms. The SMILES string of the molecule is CC(=O)c1c(C)oc2c(Cl)cc(NS(=O)(=O)c3cc(C)ccc3C)cc12. The maximum Gasteiger partial charge on any atom is 0.262 e. The Morgan fingerprint density at radius 3 is 2.46 bits per heavy atom. The van der Waals surface area contributed by atoms with Crippen LogP contribution >= 0.6 is 11.6 Å². The second kappa shape index (κ2) is 6.45. The number of hydrogen-bond donors (Lipinski definition) is 1. The fourth-order valence-electron chi connectivity index (χ4n) is 2.98. The number of carbonyl (C=O) groups excluding carboxylic acids is 1. The van der Waals surface area contributed by atoms with Crippen molar-refractivity contribution in [1.29, 1.82) is 0 Å². The molecule has 5 nitrogen and oxygen atoms in total. The molecule has 0 spiro atoms. The van der Waals surface area contributed by atoms with Gasteiger partial charge in [0.2, 0.25) is 0 Å². The topological polar surface area (TPSA) is 76.4 Å². The van der Waals surface area contributed by atoms with E-state index in [-0.39, 0.29) is 21.4 Å². The highest BCUT2D eigenvalue weighted by Crippen LogP contribution is 2.35. The Bertz CT molecular complexity index is 1150. The molecule has 1 N–H and O–H groups in total. The second-order valence-electron chi connectivity index (χ2n) is 6.30. The number of benzene rings is 2. The van der Waals surface area contributed by atoms with E-state index in [4.69, 9.17) is 16.0 Å². The van der Waals surface area contributed by atoms with Gasteiger partial charge in [-0.2, -0.15) is 0 Å². The minimum Gasteiger partial charge on any atom is -0.459 e. The van der Waals surface area contributed by atoms with Crippen LogP contribution in [0.3, 0.4) is 0 Å². The van der Waals surface area contributed by atoms with E-state index in [0.717, 1.165) is 5.56 Å². The van der Waals surface area contributed by atoms with Gasteiger partial charge in [0.1, 0.15) is 5.76 Å². The molecule has 3 aromatic rings. The summed E-state index contributed by atoms with van der Waals surface area (Å²) >= 11 is 6.24. The van der Waals surface area contributed by atoms with Crippen LogP contribution in [0.1, 0.15) is 34.2 Å². The Morgan fingerprint density at radius 2 is 1.81 bits per heavy atom. The van der Waals surface area contributed by atoms with Crippen LogP contribution < -0.4 is 4.72 Å². The molecular weight excluding hydrogens is 374 g/mol. The van der Waals surface area contributed by atoms with Crippen LogP contribution in [0.5, 0.6) is 0 Å². The van der Waals surface area contributed by atoms with E-state index in [1.807, 2.05) is 13.0 Å². The Balaban J connectivity index is 2.13. The first-order valence-electron chi connectivity index (χ1n) is 7.94. The number of ketones is 1. The average molecular weight is 392 g/mol. The first-order chi connectivity index (χ1) is 12.1. The number of rotatable bonds is 4. The number of aryl methyl sites for hydroxylation is 3. The van der Waals surface area contributed by atoms with Gasteiger partial charge >= 0.3 is 0 Å². The first-order valence-corrected chi connectivity index (χ1v) is 9.80. The molecule has 1 heterocycles. The van der Waals surface area contributed by atoms with E-state index >= 15 is 0 Å². The largest absolute Gasteiger partial charge is 0.459 e. The lowest BCUT2D eigenvalue weighted by Crippen LogP contribution is -2.14. The van der Waals surface area contributed by atoms with Gasteiger partial charge in [0.05, 0.1) is 21.2 Å². The third kappa shape index (κ3) is 3.22. The summed E-state index contributed by atoms with van der Waals surface area (Å²) < 4.78 is 33.7. The molecule has 0 aliphatic heterocycles. The molecule has 26 heavy (non-hydrogen) atoms. The predicted octanol–water partition coefficient (Wildman–Crippen LogP) is 5.01. The van der Waals surface area contributed by atoms with Crippen molar-refractivity contribution in [3.05, 3.63) is 57.8 Å². The summed E-state index contributed by atoms with van der Waals surface area (Å²) in [6.45, 7) is 6.66. The minimum atomic E-state index is -3.80. The van der Waals surface area contributed by atoms with Crippen molar-refractivity contribution in [2.45, 2.75) is 32.6 Å². The fraction of sp³-hybridized carbons (Fsp3) is 0.211. The van der Waals surface area contributed by atoms with Crippen LogP contribution in [-0.2, 0) is 10.0 Å². The van der Waals surface area contributed by atoms with E-state index in [1.165, 1.54) is 13.0 Å². The zero-order valence-electron chi connectivity index (χ0n) is 14.8. The zero-order valence-corrected chi connectivity index (χ0v) is 16.4. The number of fused-ring (bicyclic) bond motifs is 1. The summed E-state index contributed by atoms with van der Waals surface area (Å²) in [5, 5.41) is 0.720. The molecule has 0 atom stereocenters. The Labute approximate surface area is 157 Å². The maximum atomic E-state index is 12.8. The molecule has 0 radical (unpaired) electrons. The van der Waals surface area contributed by atoms with Crippen LogP contribution in [0.2, 0.25) is 5.02 Å². The average Bonchev–Trinajstić information content (AvgIpc) is 2.86. The van der Waals surface area contributed by atoms with Crippen LogP contribution in [0, 0.1) is 20.8 Å². The van der Waals surface area contributed by atoms with E-state index in [9.17, 15) is 13.2 Å². The van der Waals surface area contributed by atoms with Gasteiger partial charge in [-0.1, -0.05) is 23.7 Å². The van der Waals surface area contributed by atoms with Gasteiger partial charge in [-0.25, -0.2) is 8.42 Å². The second-order valence-corrected chi connectivity index (χ2v) is 8.36. The number of hydrogen-bond acceptors (Lipinski definition) is 4. The summed E-state index contributed by atoms with van der Waals surface area (Å²) in [5.74, 6) is 0.274. The summed E-state index contributed by atoms with van der Waals surface area (Å²) in [4.78, 5) is 12.1. The number of Topliss-reactive ketones (excluding diaryl/α,β-unsaturated/α-hetero) is 1. The van der Waals surface area contributed by atoms with Gasteiger partial charge in [-0.05, 0) is 57.0 Å². The molecule has 136 valence electrons. The Hall–Kier alpha value is -2.31. The van der Waals surface area contributed by atoms with E-state index in [1.54, 1.807) is 32.0 Å². The lowest BCUT2D eigenvalue weighted by atomic mass is 10.1. The molecule has 0 fully saturated rings. The molecule has 1 aromatic heterocycles. The number of nitrogens with one attached hydrogen (secondary N) is 1. The molecule has 0 aliphatic carbocycles. The third-order valence-corrected chi connectivity index (χ3v) is 5.96. The summed E-state index contributed by atoms with van der Waals surface area (Å²) in [6.07, 6.45) is 0. The van der Waals surface area contributed by atoms with Crippen molar-refractivity contribution in [2.75, 3.05) is 4.72 Å². The lowest BCUT2D eigenvalue weighted by Gasteiger charge is -2.12. The molecule has 0 unspecified atom stereocenters. The Morgan fingerprint density at radius 1 is 1.12 bits per heavy atom. The highest BCUT2D eigenvalue weighted by Gasteiger charge is 2.21. The molecular formula is C19H18ClNO4S. The van der Waals surface area contributed by atoms with Gasteiger partial charge in [0.25, 0.3) is 10.0 Å². The molecule has 0 saturated heterocycles. The van der Waals surface area contributed by atoms with Gasteiger partial charge in [0, 0.05) is 5.39 Å². The van der Waals surface area contributed by atoms with E-state index in [0.29, 0.717) is 27.9 Å². The molecule has 2 aromatic carbocycles. The van der Waals surface area contributed by atoms with E-state index in [2.05, 4.69) is 4.72 Å². The zero-order chi connectivity index (χ0) is 19.2. The smallest absolute Gasteiger partial charge is 0.262 e. The fourth-order valence-corrected chi connectivity index (χ4v) is 4.61. The number of halogens is 1. The molecule has 0 bridgehead atoms. The summed E-state index contributed by atoms with van der Waals surface area (Å²) in [5.41, 5.74) is 2.51. The lowest BCUT2D eigenvalue weighted by molar-refractivity contribution is 0.101. The number of sulfonamides is 1. The first kappa shape index (κ1) is 18.5. The highest BCUT2D eigenvalue weighted by atomic mass is 35.5. The quantitative estimate of drug-likeness (QED) is 0.634.